The van der Waals surface area contributed by atoms with Crippen molar-refractivity contribution in [2.75, 3.05) is 26.2 Å². The lowest BCUT2D eigenvalue weighted by Crippen LogP contribution is -2.48. The molecule has 1 aliphatic rings. The third-order valence-corrected chi connectivity index (χ3v) is 5.14. The van der Waals surface area contributed by atoms with E-state index in [2.05, 4.69) is 46.0 Å². The highest BCUT2D eigenvalue weighted by atomic mass is 32.1. The van der Waals surface area contributed by atoms with Gasteiger partial charge in [0.25, 0.3) is 0 Å². The quantitative estimate of drug-likeness (QED) is 0.811. The van der Waals surface area contributed by atoms with Crippen LogP contribution in [0.5, 0.6) is 0 Å². The van der Waals surface area contributed by atoms with Crippen LogP contribution in [0.25, 0.3) is 0 Å². The molecule has 1 aromatic heterocycles. The van der Waals surface area contributed by atoms with Crippen LogP contribution in [0.1, 0.15) is 24.0 Å². The summed E-state index contributed by atoms with van der Waals surface area (Å²) in [6, 6.07) is 12.6. The van der Waals surface area contributed by atoms with Crippen LogP contribution >= 0.6 is 11.3 Å². The van der Waals surface area contributed by atoms with Crippen molar-refractivity contribution in [1.82, 2.24) is 9.80 Å². The van der Waals surface area contributed by atoms with Crippen molar-refractivity contribution in [3.63, 3.8) is 0 Å². The van der Waals surface area contributed by atoms with Gasteiger partial charge in [-0.2, -0.15) is 11.3 Å². The number of thiophene rings is 1. The van der Waals surface area contributed by atoms with Gasteiger partial charge in [-0.05, 0) is 40.8 Å². The normalized spacial score (nSPS) is 15.7. The number of hydrogen-bond acceptors (Lipinski definition) is 3. The minimum Gasteiger partial charge on any atom is -0.340 e. The standard InChI is InChI=1S/C19H24N2OS/c22-19(8-4-7-17-5-2-1-3-6-17)21-12-10-20(11-13-21)15-18-9-14-23-16-18/h1-3,5-6,9,14,16H,4,7-8,10-13,15H2. The maximum Gasteiger partial charge on any atom is 0.222 e. The molecule has 0 unspecified atom stereocenters. The molecule has 2 aromatic rings. The molecule has 4 heteroatoms. The van der Waals surface area contributed by atoms with E-state index in [-0.39, 0.29) is 0 Å². The van der Waals surface area contributed by atoms with Gasteiger partial charge in [-0.15, -0.1) is 0 Å². The molecule has 1 fully saturated rings. The first-order chi connectivity index (χ1) is 11.3. The molecule has 122 valence electrons. The highest BCUT2D eigenvalue weighted by Gasteiger charge is 2.20. The molecule has 0 radical (unpaired) electrons. The number of aryl methyl sites for hydroxylation is 1. The van der Waals surface area contributed by atoms with Crippen molar-refractivity contribution in [3.05, 3.63) is 58.3 Å². The molecule has 1 aliphatic heterocycles. The SMILES string of the molecule is O=C(CCCc1ccccc1)N1CCN(Cc2ccsc2)CC1. The van der Waals surface area contributed by atoms with E-state index in [4.69, 9.17) is 0 Å². The molecule has 0 N–H and O–H groups in total. The average molecular weight is 328 g/mol. The zero-order valence-electron chi connectivity index (χ0n) is 13.5. The van der Waals surface area contributed by atoms with Crippen molar-refractivity contribution in [2.24, 2.45) is 0 Å². The van der Waals surface area contributed by atoms with E-state index in [1.807, 2.05) is 11.0 Å². The van der Waals surface area contributed by atoms with E-state index in [0.717, 1.165) is 45.6 Å². The number of piperazine rings is 1. The second-order valence-corrected chi connectivity index (χ2v) is 6.91. The summed E-state index contributed by atoms with van der Waals surface area (Å²) in [7, 11) is 0. The molecule has 0 bridgehead atoms. The van der Waals surface area contributed by atoms with E-state index in [9.17, 15) is 4.79 Å². The number of carbonyl (C=O) groups excluding carboxylic acids is 1. The number of amides is 1. The fraction of sp³-hybridized carbons (Fsp3) is 0.421. The maximum absolute atomic E-state index is 12.3. The van der Waals surface area contributed by atoms with Crippen LogP contribution in [0.4, 0.5) is 0 Å². The van der Waals surface area contributed by atoms with Gasteiger partial charge in [-0.3, -0.25) is 9.69 Å². The van der Waals surface area contributed by atoms with E-state index in [0.29, 0.717) is 12.3 Å². The molecular formula is C19H24N2OS. The van der Waals surface area contributed by atoms with E-state index in [1.54, 1.807) is 11.3 Å². The highest BCUT2D eigenvalue weighted by molar-refractivity contribution is 7.07. The molecular weight excluding hydrogens is 304 g/mol. The monoisotopic (exact) mass is 328 g/mol. The Morgan fingerprint density at radius 3 is 2.48 bits per heavy atom. The van der Waals surface area contributed by atoms with E-state index < -0.39 is 0 Å². The van der Waals surface area contributed by atoms with Crippen molar-refractivity contribution in [1.29, 1.82) is 0 Å². The van der Waals surface area contributed by atoms with Gasteiger partial charge in [0.05, 0.1) is 0 Å². The Kier molecular flexibility index (Phi) is 5.83. The number of benzene rings is 1. The second kappa shape index (κ2) is 8.27. The van der Waals surface area contributed by atoms with Gasteiger partial charge in [-0.25, -0.2) is 0 Å². The first-order valence-electron chi connectivity index (χ1n) is 8.36. The Morgan fingerprint density at radius 1 is 1.00 bits per heavy atom. The minimum atomic E-state index is 0.316. The van der Waals surface area contributed by atoms with Crippen LogP contribution in [-0.4, -0.2) is 41.9 Å². The lowest BCUT2D eigenvalue weighted by atomic mass is 10.1. The summed E-state index contributed by atoms with van der Waals surface area (Å²) in [5.74, 6) is 0.316. The molecule has 1 aromatic carbocycles. The first kappa shape index (κ1) is 16.2. The van der Waals surface area contributed by atoms with Crippen LogP contribution in [0, 0.1) is 0 Å². The Bertz CT molecular complexity index is 589. The summed E-state index contributed by atoms with van der Waals surface area (Å²) >= 11 is 1.75. The van der Waals surface area contributed by atoms with Crippen molar-refractivity contribution in [2.45, 2.75) is 25.8 Å². The molecule has 0 saturated carbocycles. The second-order valence-electron chi connectivity index (χ2n) is 6.13. The molecule has 0 atom stereocenters. The van der Waals surface area contributed by atoms with Crippen LogP contribution in [0.2, 0.25) is 0 Å². The Hall–Kier alpha value is -1.65. The van der Waals surface area contributed by atoms with Gasteiger partial charge >= 0.3 is 0 Å². The van der Waals surface area contributed by atoms with Crippen LogP contribution < -0.4 is 0 Å². The van der Waals surface area contributed by atoms with Gasteiger partial charge in [0.1, 0.15) is 0 Å². The van der Waals surface area contributed by atoms with Crippen LogP contribution in [0.15, 0.2) is 47.2 Å². The third-order valence-electron chi connectivity index (χ3n) is 4.41. The van der Waals surface area contributed by atoms with Crippen LogP contribution in [-0.2, 0) is 17.8 Å². The maximum atomic E-state index is 12.3. The fourth-order valence-electron chi connectivity index (χ4n) is 3.04. The van der Waals surface area contributed by atoms with Gasteiger partial charge in [0.2, 0.25) is 5.91 Å². The Morgan fingerprint density at radius 2 is 1.78 bits per heavy atom. The van der Waals surface area contributed by atoms with Gasteiger partial charge in [0.15, 0.2) is 0 Å². The molecule has 3 nitrogen and oxygen atoms in total. The van der Waals surface area contributed by atoms with Crippen molar-refractivity contribution >= 4 is 17.2 Å². The fourth-order valence-corrected chi connectivity index (χ4v) is 3.70. The first-order valence-corrected chi connectivity index (χ1v) is 9.31. The smallest absolute Gasteiger partial charge is 0.222 e. The average Bonchev–Trinajstić information content (AvgIpc) is 3.09. The molecule has 1 saturated heterocycles. The Labute approximate surface area is 142 Å². The summed E-state index contributed by atoms with van der Waals surface area (Å²) in [6.45, 7) is 4.72. The summed E-state index contributed by atoms with van der Waals surface area (Å²) in [4.78, 5) is 16.8. The molecule has 1 amide bonds. The van der Waals surface area contributed by atoms with Gasteiger partial charge < -0.3 is 4.90 Å². The zero-order chi connectivity index (χ0) is 15.9. The number of rotatable bonds is 6. The molecule has 3 rings (SSSR count). The van der Waals surface area contributed by atoms with E-state index in [1.165, 1.54) is 11.1 Å². The zero-order valence-corrected chi connectivity index (χ0v) is 14.3. The predicted molar refractivity (Wildman–Crippen MR) is 95.6 cm³/mol. The molecule has 0 aliphatic carbocycles. The number of carbonyl (C=O) groups is 1. The van der Waals surface area contributed by atoms with Crippen molar-refractivity contribution in [3.8, 4) is 0 Å². The molecule has 0 spiro atoms. The lowest BCUT2D eigenvalue weighted by molar-refractivity contribution is -0.133. The Balaban J connectivity index is 1.36. The molecule has 2 heterocycles. The molecule has 23 heavy (non-hydrogen) atoms. The van der Waals surface area contributed by atoms with E-state index >= 15 is 0 Å². The third kappa shape index (κ3) is 4.91. The topological polar surface area (TPSA) is 23.6 Å². The summed E-state index contributed by atoms with van der Waals surface area (Å²) in [5, 5.41) is 4.34. The largest absolute Gasteiger partial charge is 0.340 e. The summed E-state index contributed by atoms with van der Waals surface area (Å²) < 4.78 is 0. The van der Waals surface area contributed by atoms with Crippen molar-refractivity contribution < 1.29 is 4.79 Å². The van der Waals surface area contributed by atoms with Crippen LogP contribution in [0.3, 0.4) is 0 Å². The summed E-state index contributed by atoms with van der Waals surface area (Å²) in [6.07, 6.45) is 2.60. The minimum absolute atomic E-state index is 0.316. The van der Waals surface area contributed by atoms with Gasteiger partial charge in [-0.1, -0.05) is 30.3 Å². The number of hydrogen-bond donors (Lipinski definition) is 0. The summed E-state index contributed by atoms with van der Waals surface area (Å²) in [5.41, 5.74) is 2.71. The lowest BCUT2D eigenvalue weighted by Gasteiger charge is -2.34. The predicted octanol–water partition coefficient (Wildman–Crippen LogP) is 3.42. The van der Waals surface area contributed by atoms with Gasteiger partial charge in [0, 0.05) is 39.1 Å². The number of nitrogens with zero attached hydrogens (tertiary/aromatic N) is 2. The highest BCUT2D eigenvalue weighted by Crippen LogP contribution is 2.13.